The molecule has 0 saturated carbocycles. The van der Waals surface area contributed by atoms with Gasteiger partial charge in [0.05, 0.1) is 23.2 Å². The molecule has 4 amide bonds. The number of hydrogen-bond donors (Lipinski definition) is 2. The summed E-state index contributed by atoms with van der Waals surface area (Å²) in [7, 11) is 0. The number of benzene rings is 2. The fourth-order valence-electron chi connectivity index (χ4n) is 5.54. The van der Waals surface area contributed by atoms with Crippen molar-refractivity contribution in [2.24, 2.45) is 0 Å². The van der Waals surface area contributed by atoms with E-state index in [1.54, 1.807) is 30.5 Å². The molecule has 1 atom stereocenters. The van der Waals surface area contributed by atoms with Gasteiger partial charge in [0, 0.05) is 50.0 Å². The van der Waals surface area contributed by atoms with Crippen LogP contribution in [0.3, 0.4) is 0 Å². The number of aromatic nitrogens is 2. The van der Waals surface area contributed by atoms with Crippen LogP contribution in [0.15, 0.2) is 54.7 Å². The van der Waals surface area contributed by atoms with Crippen molar-refractivity contribution in [1.82, 2.24) is 20.2 Å². The molecule has 3 aliphatic rings. The quantitative estimate of drug-likeness (QED) is 0.328. The predicted octanol–water partition coefficient (Wildman–Crippen LogP) is 2.69. The number of alkyl halides is 3. The summed E-state index contributed by atoms with van der Waals surface area (Å²) in [6, 6.07) is 10.6. The molecule has 1 unspecified atom stereocenters. The molecule has 1 aromatic heterocycles. The van der Waals surface area contributed by atoms with Crippen LogP contribution < -0.4 is 20.4 Å². The van der Waals surface area contributed by atoms with E-state index in [9.17, 15) is 32.3 Å². The van der Waals surface area contributed by atoms with E-state index in [2.05, 4.69) is 32.4 Å². The van der Waals surface area contributed by atoms with Gasteiger partial charge in [-0.25, -0.2) is 4.98 Å². The van der Waals surface area contributed by atoms with E-state index in [1.165, 1.54) is 12.1 Å². The largest absolute Gasteiger partial charge is 0.416 e. The molecule has 0 bridgehead atoms. The van der Waals surface area contributed by atoms with E-state index in [0.29, 0.717) is 49.2 Å². The van der Waals surface area contributed by atoms with Crippen LogP contribution in [0, 0.1) is 11.8 Å². The fourth-order valence-corrected chi connectivity index (χ4v) is 5.54. The zero-order chi connectivity index (χ0) is 31.7. The summed E-state index contributed by atoms with van der Waals surface area (Å²) in [5.74, 6) is 4.47. The number of hydrogen-bond acceptors (Lipinski definition) is 9. The molecule has 0 aliphatic carbocycles. The number of piperidine rings is 1. The number of anilines is 3. The number of carbonyl (C=O) groups excluding carboxylic acids is 4. The van der Waals surface area contributed by atoms with Crippen LogP contribution in [-0.2, 0) is 15.8 Å². The van der Waals surface area contributed by atoms with Gasteiger partial charge in [0.2, 0.25) is 17.8 Å². The Morgan fingerprint density at radius 1 is 0.956 bits per heavy atom. The zero-order valence-electron chi connectivity index (χ0n) is 23.7. The first-order valence-corrected chi connectivity index (χ1v) is 14.2. The van der Waals surface area contributed by atoms with Crippen LogP contribution in [0.2, 0.25) is 0 Å². The highest BCUT2D eigenvalue weighted by atomic mass is 19.4. The Balaban J connectivity index is 1.08. The number of halogens is 3. The van der Waals surface area contributed by atoms with Crippen molar-refractivity contribution in [3.63, 3.8) is 0 Å². The summed E-state index contributed by atoms with van der Waals surface area (Å²) in [5.41, 5.74) is 0.438. The van der Waals surface area contributed by atoms with E-state index in [1.807, 2.05) is 9.80 Å². The van der Waals surface area contributed by atoms with Gasteiger partial charge in [0.15, 0.2) is 0 Å². The summed E-state index contributed by atoms with van der Waals surface area (Å²) in [6.07, 6.45) is -2.72. The molecule has 6 rings (SSSR count). The number of nitrogens with one attached hydrogen (secondary N) is 2. The minimum absolute atomic E-state index is 0.0307. The summed E-state index contributed by atoms with van der Waals surface area (Å²) >= 11 is 0. The van der Waals surface area contributed by atoms with Gasteiger partial charge in [-0.05, 0) is 42.8 Å². The Hall–Kier alpha value is -5.45. The molecule has 4 heterocycles. The molecule has 11 nitrogen and oxygen atoms in total. The number of amides is 4. The van der Waals surface area contributed by atoms with Crippen LogP contribution in [0.5, 0.6) is 0 Å². The third-order valence-electron chi connectivity index (χ3n) is 7.79. The summed E-state index contributed by atoms with van der Waals surface area (Å²) in [5, 5.41) is 5.27. The number of imide groups is 2. The van der Waals surface area contributed by atoms with Crippen LogP contribution in [0.4, 0.5) is 30.6 Å². The van der Waals surface area contributed by atoms with E-state index < -0.39 is 41.4 Å². The molecule has 14 heteroatoms. The highest BCUT2D eigenvalue weighted by Crippen LogP contribution is 2.32. The van der Waals surface area contributed by atoms with Crippen molar-refractivity contribution in [2.75, 3.05) is 47.8 Å². The number of fused-ring (bicyclic) bond motifs is 1. The molecule has 230 valence electrons. The highest BCUT2D eigenvalue weighted by Gasteiger charge is 2.45. The van der Waals surface area contributed by atoms with E-state index >= 15 is 0 Å². The second-order valence-electron chi connectivity index (χ2n) is 10.6. The molecule has 2 N–H and O–H groups in total. The minimum Gasteiger partial charge on any atom is -0.368 e. The average molecular weight is 618 g/mol. The third-order valence-corrected chi connectivity index (χ3v) is 7.79. The Bertz CT molecular complexity index is 1760. The number of carbonyl (C=O) groups is 4. The van der Waals surface area contributed by atoms with Crippen LogP contribution in [-0.4, -0.2) is 77.3 Å². The normalized spacial score (nSPS) is 18.4. The lowest BCUT2D eigenvalue weighted by molar-refractivity contribution is -0.138. The van der Waals surface area contributed by atoms with Crippen molar-refractivity contribution in [3.05, 3.63) is 77.0 Å². The van der Waals surface area contributed by atoms with Crippen LogP contribution >= 0.6 is 0 Å². The fraction of sp³-hybridized carbons (Fsp3) is 0.290. The number of rotatable bonds is 5. The van der Waals surface area contributed by atoms with Crippen molar-refractivity contribution < 1.29 is 32.3 Å². The Labute approximate surface area is 255 Å². The highest BCUT2D eigenvalue weighted by molar-refractivity contribution is 6.24. The summed E-state index contributed by atoms with van der Waals surface area (Å²) < 4.78 is 39.4. The lowest BCUT2D eigenvalue weighted by atomic mass is 10.0. The Morgan fingerprint density at radius 2 is 1.71 bits per heavy atom. The molecular weight excluding hydrogens is 591 g/mol. The van der Waals surface area contributed by atoms with Gasteiger partial charge in [0.25, 0.3) is 11.8 Å². The summed E-state index contributed by atoms with van der Waals surface area (Å²) in [6.45, 7) is 2.18. The van der Waals surface area contributed by atoms with Crippen LogP contribution in [0.25, 0.3) is 0 Å². The van der Waals surface area contributed by atoms with Crippen molar-refractivity contribution in [1.29, 1.82) is 0 Å². The molecule has 45 heavy (non-hydrogen) atoms. The van der Waals surface area contributed by atoms with Crippen LogP contribution in [0.1, 0.15) is 44.7 Å². The molecule has 3 aromatic rings. The lowest BCUT2D eigenvalue weighted by Gasteiger charge is -2.36. The van der Waals surface area contributed by atoms with Crippen molar-refractivity contribution >= 4 is 41.1 Å². The maximum atomic E-state index is 13.2. The second-order valence-corrected chi connectivity index (χ2v) is 10.6. The summed E-state index contributed by atoms with van der Waals surface area (Å²) in [4.78, 5) is 63.8. The Kier molecular flexibility index (Phi) is 7.84. The topological polar surface area (TPSA) is 128 Å². The molecule has 2 aromatic carbocycles. The van der Waals surface area contributed by atoms with E-state index in [-0.39, 0.29) is 30.5 Å². The molecule has 3 aliphatic heterocycles. The standard InChI is InChI=1S/C31H26F3N7O4/c32-31(33,34)20-6-2-7-21(18-20)39-14-16-40(17-15-39)30-36-13-11-24(37-30)35-12-3-5-19-4-1-8-22-26(19)29(45)41(28(22)44)23-9-10-25(42)38-27(23)43/h1-2,4,6-8,11,13,18,23H,9-10,12,14-17H2,(H,35,36,37)(H,38,42,43). The molecule has 0 radical (unpaired) electrons. The average Bonchev–Trinajstić information content (AvgIpc) is 3.29. The van der Waals surface area contributed by atoms with Crippen molar-refractivity contribution in [2.45, 2.75) is 25.1 Å². The maximum absolute atomic E-state index is 13.2. The lowest BCUT2D eigenvalue weighted by Crippen LogP contribution is -2.54. The first kappa shape index (κ1) is 29.6. The molecular formula is C31H26F3N7O4. The van der Waals surface area contributed by atoms with Gasteiger partial charge in [-0.2, -0.15) is 18.2 Å². The van der Waals surface area contributed by atoms with Gasteiger partial charge in [-0.1, -0.05) is 24.0 Å². The van der Waals surface area contributed by atoms with Gasteiger partial charge in [-0.15, -0.1) is 0 Å². The van der Waals surface area contributed by atoms with E-state index in [4.69, 9.17) is 0 Å². The van der Waals surface area contributed by atoms with Gasteiger partial charge < -0.3 is 15.1 Å². The first-order valence-electron chi connectivity index (χ1n) is 14.2. The Morgan fingerprint density at radius 3 is 2.47 bits per heavy atom. The van der Waals surface area contributed by atoms with E-state index in [0.717, 1.165) is 17.0 Å². The molecule has 0 spiro atoms. The SMILES string of the molecule is O=C1CCC(N2C(=O)c3cccc(C#CCNc4ccnc(N5CCN(c6cccc(C(F)(F)F)c6)CC5)n4)c3C2=O)C(=O)N1. The maximum Gasteiger partial charge on any atom is 0.416 e. The number of nitrogens with zero attached hydrogens (tertiary/aromatic N) is 5. The molecule has 2 fully saturated rings. The smallest absolute Gasteiger partial charge is 0.368 e. The van der Waals surface area contributed by atoms with Gasteiger partial charge >= 0.3 is 6.18 Å². The van der Waals surface area contributed by atoms with Gasteiger partial charge in [-0.3, -0.25) is 29.4 Å². The predicted molar refractivity (Wildman–Crippen MR) is 156 cm³/mol. The molecule has 2 saturated heterocycles. The first-order chi connectivity index (χ1) is 21.6. The monoisotopic (exact) mass is 617 g/mol. The number of piperazine rings is 1. The zero-order valence-corrected chi connectivity index (χ0v) is 23.7. The van der Waals surface area contributed by atoms with Crippen molar-refractivity contribution in [3.8, 4) is 11.8 Å². The second kappa shape index (κ2) is 11.9. The third kappa shape index (κ3) is 6.01. The minimum atomic E-state index is -4.40. The van der Waals surface area contributed by atoms with Gasteiger partial charge in [0.1, 0.15) is 11.9 Å².